The molecule has 1 nitrogen and oxygen atoms in total. The van der Waals surface area contributed by atoms with Gasteiger partial charge in [-0.25, -0.2) is 0 Å². The lowest BCUT2D eigenvalue weighted by molar-refractivity contribution is 0.0831. The van der Waals surface area contributed by atoms with E-state index in [2.05, 4.69) is 67.6 Å². The summed E-state index contributed by atoms with van der Waals surface area (Å²) in [6.07, 6.45) is 7.71. The molecule has 1 heteroatoms. The Morgan fingerprint density at radius 1 is 0.783 bits per heavy atom. The molecule has 0 radical (unpaired) electrons. The Hall–Kier alpha value is -1.60. The molecule has 0 saturated carbocycles. The normalized spacial score (nSPS) is 12.2. The first kappa shape index (κ1) is 17.7. The average molecular weight is 310 g/mol. The molecule has 0 heterocycles. The molecule has 2 rings (SSSR count). The molecule has 0 N–H and O–H groups in total. The molecule has 0 aliphatic heterocycles. The van der Waals surface area contributed by atoms with Gasteiger partial charge in [0.2, 0.25) is 0 Å². The zero-order valence-electron chi connectivity index (χ0n) is 14.4. The van der Waals surface area contributed by atoms with E-state index in [-0.39, 0.29) is 0 Å². The van der Waals surface area contributed by atoms with Crippen molar-refractivity contribution in [1.29, 1.82) is 0 Å². The van der Waals surface area contributed by atoms with Crippen molar-refractivity contribution in [2.45, 2.75) is 52.1 Å². The molecule has 0 amide bonds. The first-order valence-corrected chi connectivity index (χ1v) is 9.04. The van der Waals surface area contributed by atoms with Crippen LogP contribution in [0.25, 0.3) is 0 Å². The summed E-state index contributed by atoms with van der Waals surface area (Å²) in [5, 5.41) is 0. The van der Waals surface area contributed by atoms with E-state index >= 15 is 0 Å². The van der Waals surface area contributed by atoms with Gasteiger partial charge < -0.3 is 4.74 Å². The highest BCUT2D eigenvalue weighted by molar-refractivity contribution is 5.15. The van der Waals surface area contributed by atoms with Crippen LogP contribution in [0.3, 0.4) is 0 Å². The monoisotopic (exact) mass is 310 g/mol. The van der Waals surface area contributed by atoms with Crippen LogP contribution in [0.1, 0.15) is 50.2 Å². The van der Waals surface area contributed by atoms with Crippen LogP contribution in [-0.2, 0) is 17.8 Å². The maximum atomic E-state index is 6.01. The molecule has 124 valence electrons. The summed E-state index contributed by atoms with van der Waals surface area (Å²) < 4.78 is 6.01. The van der Waals surface area contributed by atoms with Gasteiger partial charge in [0.05, 0.1) is 13.2 Å². The largest absolute Gasteiger partial charge is 0.376 e. The predicted octanol–water partition coefficient (Wildman–Crippen LogP) is 6.03. The number of benzene rings is 2. The zero-order chi connectivity index (χ0) is 16.2. The highest BCUT2D eigenvalue weighted by Crippen LogP contribution is 2.18. The number of rotatable bonds is 11. The highest BCUT2D eigenvalue weighted by atomic mass is 16.5. The third-order valence-electron chi connectivity index (χ3n) is 4.30. The van der Waals surface area contributed by atoms with E-state index in [1.54, 1.807) is 0 Å². The van der Waals surface area contributed by atoms with Gasteiger partial charge in [0.25, 0.3) is 0 Å². The fraction of sp³-hybridized carbons (Fsp3) is 0.455. The highest BCUT2D eigenvalue weighted by Gasteiger charge is 2.10. The second kappa shape index (κ2) is 11.0. The fourth-order valence-electron chi connectivity index (χ4n) is 2.97. The molecule has 2 aromatic rings. The van der Waals surface area contributed by atoms with E-state index in [0.29, 0.717) is 5.92 Å². The Bertz CT molecular complexity index is 506. The second-order valence-electron chi connectivity index (χ2n) is 6.41. The molecule has 0 unspecified atom stereocenters. The first-order chi connectivity index (χ1) is 11.4. The lowest BCUT2D eigenvalue weighted by Crippen LogP contribution is -2.13. The lowest BCUT2D eigenvalue weighted by Gasteiger charge is -2.17. The van der Waals surface area contributed by atoms with Crippen molar-refractivity contribution in [1.82, 2.24) is 0 Å². The van der Waals surface area contributed by atoms with Crippen molar-refractivity contribution >= 4 is 0 Å². The van der Waals surface area contributed by atoms with Crippen LogP contribution in [0, 0.1) is 5.92 Å². The van der Waals surface area contributed by atoms with Crippen LogP contribution >= 0.6 is 0 Å². The SMILES string of the molecule is CCCCCC[C@H](COCc1ccccc1)Cc1ccccc1. The molecule has 1 atom stereocenters. The minimum atomic E-state index is 0.623. The minimum absolute atomic E-state index is 0.623. The van der Waals surface area contributed by atoms with Gasteiger partial charge >= 0.3 is 0 Å². The Balaban J connectivity index is 1.79. The van der Waals surface area contributed by atoms with Crippen LogP contribution in [0.15, 0.2) is 60.7 Å². The molecule has 0 spiro atoms. The Kier molecular flexibility index (Phi) is 8.50. The maximum absolute atomic E-state index is 6.01. The molecule has 2 aromatic carbocycles. The van der Waals surface area contributed by atoms with Gasteiger partial charge in [-0.05, 0) is 29.9 Å². The summed E-state index contributed by atoms with van der Waals surface area (Å²) >= 11 is 0. The van der Waals surface area contributed by atoms with Crippen LogP contribution in [0.2, 0.25) is 0 Å². The van der Waals surface area contributed by atoms with Crippen LogP contribution in [0.5, 0.6) is 0 Å². The van der Waals surface area contributed by atoms with Crippen molar-refractivity contribution in [2.75, 3.05) is 6.61 Å². The van der Waals surface area contributed by atoms with Crippen molar-refractivity contribution < 1.29 is 4.74 Å². The molecule has 0 fully saturated rings. The maximum Gasteiger partial charge on any atom is 0.0717 e. The van der Waals surface area contributed by atoms with Gasteiger partial charge in [-0.15, -0.1) is 0 Å². The molecule has 0 bridgehead atoms. The zero-order valence-corrected chi connectivity index (χ0v) is 14.4. The standard InChI is InChI=1S/C22H30O/c1-2-3-4-7-16-22(17-20-12-8-5-9-13-20)19-23-18-21-14-10-6-11-15-21/h5-6,8-15,22H,2-4,7,16-19H2,1H3/t22-/m0/s1. The molecular weight excluding hydrogens is 280 g/mol. The number of ether oxygens (including phenoxy) is 1. The van der Waals surface area contributed by atoms with Crippen molar-refractivity contribution in [3.63, 3.8) is 0 Å². The summed E-state index contributed by atoms with van der Waals surface area (Å²) in [5.41, 5.74) is 2.69. The molecule has 0 saturated heterocycles. The van der Waals surface area contributed by atoms with E-state index in [9.17, 15) is 0 Å². The smallest absolute Gasteiger partial charge is 0.0717 e. The van der Waals surface area contributed by atoms with Crippen LogP contribution in [0.4, 0.5) is 0 Å². The first-order valence-electron chi connectivity index (χ1n) is 9.04. The third-order valence-corrected chi connectivity index (χ3v) is 4.30. The minimum Gasteiger partial charge on any atom is -0.376 e. The molecule has 0 aliphatic rings. The molecule has 0 aromatic heterocycles. The van der Waals surface area contributed by atoms with Crippen molar-refractivity contribution in [3.8, 4) is 0 Å². The van der Waals surface area contributed by atoms with E-state index in [1.807, 2.05) is 0 Å². The van der Waals surface area contributed by atoms with Gasteiger partial charge in [-0.1, -0.05) is 93.3 Å². The summed E-state index contributed by atoms with van der Waals surface area (Å²) in [5.74, 6) is 0.623. The van der Waals surface area contributed by atoms with Gasteiger partial charge in [0.1, 0.15) is 0 Å². The van der Waals surface area contributed by atoms with Gasteiger partial charge in [0, 0.05) is 0 Å². The van der Waals surface area contributed by atoms with Crippen LogP contribution < -0.4 is 0 Å². The van der Waals surface area contributed by atoms with Crippen molar-refractivity contribution in [2.24, 2.45) is 5.92 Å². The fourth-order valence-corrected chi connectivity index (χ4v) is 2.97. The summed E-state index contributed by atoms with van der Waals surface area (Å²) in [4.78, 5) is 0. The summed E-state index contributed by atoms with van der Waals surface area (Å²) in [6, 6.07) is 21.3. The number of hydrogen-bond donors (Lipinski definition) is 0. The molecular formula is C22H30O. The average Bonchev–Trinajstić information content (AvgIpc) is 2.60. The molecule has 23 heavy (non-hydrogen) atoms. The number of unbranched alkanes of at least 4 members (excludes halogenated alkanes) is 3. The van der Waals surface area contributed by atoms with Gasteiger partial charge in [-0.3, -0.25) is 0 Å². The Morgan fingerprint density at radius 3 is 2.09 bits per heavy atom. The van der Waals surface area contributed by atoms with E-state index in [4.69, 9.17) is 4.74 Å². The lowest BCUT2D eigenvalue weighted by atomic mass is 9.94. The third kappa shape index (κ3) is 7.47. The van der Waals surface area contributed by atoms with Gasteiger partial charge in [0.15, 0.2) is 0 Å². The second-order valence-corrected chi connectivity index (χ2v) is 6.41. The summed E-state index contributed by atoms with van der Waals surface area (Å²) in [7, 11) is 0. The van der Waals surface area contributed by atoms with Crippen molar-refractivity contribution in [3.05, 3.63) is 71.8 Å². The number of hydrogen-bond acceptors (Lipinski definition) is 1. The van der Waals surface area contributed by atoms with E-state index in [1.165, 1.54) is 43.2 Å². The quantitative estimate of drug-likeness (QED) is 0.460. The van der Waals surface area contributed by atoms with E-state index in [0.717, 1.165) is 19.6 Å². The summed E-state index contributed by atoms with van der Waals surface area (Å²) in [6.45, 7) is 3.85. The topological polar surface area (TPSA) is 9.23 Å². The van der Waals surface area contributed by atoms with E-state index < -0.39 is 0 Å². The predicted molar refractivity (Wildman–Crippen MR) is 98.5 cm³/mol. The van der Waals surface area contributed by atoms with Gasteiger partial charge in [-0.2, -0.15) is 0 Å². The Morgan fingerprint density at radius 2 is 1.43 bits per heavy atom. The Labute approximate surface area is 141 Å². The molecule has 0 aliphatic carbocycles. The van der Waals surface area contributed by atoms with Crippen LogP contribution in [-0.4, -0.2) is 6.61 Å².